The second-order valence-electron chi connectivity index (χ2n) is 3.73. The van der Waals surface area contributed by atoms with E-state index in [4.69, 9.17) is 9.84 Å². The topological polar surface area (TPSA) is 49.8 Å². The minimum atomic E-state index is -0.679. The normalized spacial score (nSPS) is 42.2. The van der Waals surface area contributed by atoms with Gasteiger partial charge in [-0.2, -0.15) is 0 Å². The van der Waals surface area contributed by atoms with E-state index in [1.165, 1.54) is 0 Å². The Morgan fingerprint density at radius 1 is 1.69 bits per heavy atom. The standard InChI is InChI=1S/C10H14O3/c1-2-3-4-6-7(10(11)12)5-8-9(6)13-8/h3-4,6-9H,2,5H2,1H3,(H,11,12). The van der Waals surface area contributed by atoms with Crippen molar-refractivity contribution in [1.82, 2.24) is 0 Å². The summed E-state index contributed by atoms with van der Waals surface area (Å²) in [4.78, 5) is 10.9. The molecule has 3 heteroatoms. The maximum absolute atomic E-state index is 10.9. The number of ether oxygens (including phenoxy) is 1. The lowest BCUT2D eigenvalue weighted by Gasteiger charge is -2.13. The van der Waals surface area contributed by atoms with E-state index in [2.05, 4.69) is 0 Å². The van der Waals surface area contributed by atoms with Gasteiger partial charge in [0.05, 0.1) is 18.1 Å². The van der Waals surface area contributed by atoms with Gasteiger partial charge in [-0.05, 0) is 12.8 Å². The molecule has 0 bridgehead atoms. The average molecular weight is 182 g/mol. The highest BCUT2D eigenvalue weighted by atomic mass is 16.6. The molecule has 13 heavy (non-hydrogen) atoms. The van der Waals surface area contributed by atoms with E-state index >= 15 is 0 Å². The van der Waals surface area contributed by atoms with Crippen molar-refractivity contribution in [1.29, 1.82) is 0 Å². The van der Waals surface area contributed by atoms with Gasteiger partial charge in [-0.25, -0.2) is 0 Å². The van der Waals surface area contributed by atoms with Gasteiger partial charge in [-0.15, -0.1) is 0 Å². The van der Waals surface area contributed by atoms with Crippen LogP contribution in [0.3, 0.4) is 0 Å². The lowest BCUT2D eigenvalue weighted by atomic mass is 9.94. The predicted molar refractivity (Wildman–Crippen MR) is 47.3 cm³/mol. The van der Waals surface area contributed by atoms with Gasteiger partial charge in [0, 0.05) is 5.92 Å². The highest BCUT2D eigenvalue weighted by Crippen LogP contribution is 2.47. The molecule has 0 amide bonds. The first-order chi connectivity index (χ1) is 6.24. The van der Waals surface area contributed by atoms with E-state index < -0.39 is 5.97 Å². The Kier molecular flexibility index (Phi) is 2.12. The molecule has 1 saturated heterocycles. The number of carboxylic acid groups (broad SMARTS) is 1. The maximum Gasteiger partial charge on any atom is 0.307 e. The molecule has 1 aliphatic carbocycles. The van der Waals surface area contributed by atoms with Crippen molar-refractivity contribution in [2.24, 2.45) is 11.8 Å². The fourth-order valence-corrected chi connectivity index (χ4v) is 2.12. The Bertz CT molecular complexity index is 247. The van der Waals surface area contributed by atoms with Crippen molar-refractivity contribution in [3.63, 3.8) is 0 Å². The van der Waals surface area contributed by atoms with Crippen LogP contribution in [0.4, 0.5) is 0 Å². The van der Waals surface area contributed by atoms with Gasteiger partial charge in [-0.3, -0.25) is 4.79 Å². The summed E-state index contributed by atoms with van der Waals surface area (Å²) in [6.45, 7) is 2.05. The molecule has 0 aromatic carbocycles. The summed E-state index contributed by atoms with van der Waals surface area (Å²) < 4.78 is 5.33. The smallest absolute Gasteiger partial charge is 0.307 e. The second kappa shape index (κ2) is 3.14. The van der Waals surface area contributed by atoms with Crippen molar-refractivity contribution >= 4 is 5.97 Å². The van der Waals surface area contributed by atoms with Crippen LogP contribution < -0.4 is 0 Å². The molecule has 1 N–H and O–H groups in total. The minimum absolute atomic E-state index is 0.113. The Labute approximate surface area is 77.4 Å². The second-order valence-corrected chi connectivity index (χ2v) is 3.73. The largest absolute Gasteiger partial charge is 0.481 e. The highest BCUT2D eigenvalue weighted by molar-refractivity contribution is 5.71. The van der Waals surface area contributed by atoms with Crippen molar-refractivity contribution in [2.75, 3.05) is 0 Å². The van der Waals surface area contributed by atoms with E-state index in [0.29, 0.717) is 6.42 Å². The number of carboxylic acids is 1. The molecule has 4 atom stereocenters. The summed E-state index contributed by atoms with van der Waals surface area (Å²) in [6, 6.07) is 0. The Morgan fingerprint density at radius 3 is 3.08 bits per heavy atom. The van der Waals surface area contributed by atoms with Crippen molar-refractivity contribution < 1.29 is 14.6 Å². The van der Waals surface area contributed by atoms with E-state index in [9.17, 15) is 4.79 Å². The molecule has 3 nitrogen and oxygen atoms in total. The quantitative estimate of drug-likeness (QED) is 0.530. The number of carbonyl (C=O) groups is 1. The molecule has 0 radical (unpaired) electrons. The van der Waals surface area contributed by atoms with Crippen LogP contribution in [0, 0.1) is 11.8 Å². The lowest BCUT2D eigenvalue weighted by molar-refractivity contribution is -0.143. The first-order valence-corrected chi connectivity index (χ1v) is 4.79. The summed E-state index contributed by atoms with van der Waals surface area (Å²) in [7, 11) is 0. The van der Waals surface area contributed by atoms with Gasteiger partial charge < -0.3 is 9.84 Å². The van der Waals surface area contributed by atoms with Crippen LogP contribution in [-0.4, -0.2) is 23.3 Å². The van der Waals surface area contributed by atoms with Crippen LogP contribution >= 0.6 is 0 Å². The third-order valence-corrected chi connectivity index (χ3v) is 2.86. The van der Waals surface area contributed by atoms with Gasteiger partial charge in [-0.1, -0.05) is 19.1 Å². The highest BCUT2D eigenvalue weighted by Gasteiger charge is 2.56. The molecular weight excluding hydrogens is 168 g/mol. The number of epoxide rings is 1. The van der Waals surface area contributed by atoms with E-state index in [0.717, 1.165) is 6.42 Å². The van der Waals surface area contributed by atoms with Crippen LogP contribution in [-0.2, 0) is 9.53 Å². The monoisotopic (exact) mass is 182 g/mol. The van der Waals surface area contributed by atoms with Gasteiger partial charge >= 0.3 is 5.97 Å². The summed E-state index contributed by atoms with van der Waals surface area (Å²) in [5.74, 6) is -0.782. The Hall–Kier alpha value is -0.830. The number of aliphatic carboxylic acids is 1. The molecule has 1 saturated carbocycles. The van der Waals surface area contributed by atoms with Gasteiger partial charge in [0.2, 0.25) is 0 Å². The molecule has 0 spiro atoms. The fourth-order valence-electron chi connectivity index (χ4n) is 2.12. The third kappa shape index (κ3) is 1.48. The fraction of sp³-hybridized carbons (Fsp3) is 0.700. The summed E-state index contributed by atoms with van der Waals surface area (Å²) in [5.41, 5.74) is 0. The number of rotatable bonds is 3. The van der Waals surface area contributed by atoms with E-state index in [1.54, 1.807) is 0 Å². The molecule has 2 rings (SSSR count). The summed E-state index contributed by atoms with van der Waals surface area (Å²) >= 11 is 0. The first-order valence-electron chi connectivity index (χ1n) is 4.79. The molecule has 0 aromatic heterocycles. The Morgan fingerprint density at radius 2 is 2.46 bits per heavy atom. The zero-order valence-corrected chi connectivity index (χ0v) is 7.64. The number of hydrogen-bond donors (Lipinski definition) is 1. The van der Waals surface area contributed by atoms with Crippen LogP contribution in [0.2, 0.25) is 0 Å². The first kappa shape index (κ1) is 8.75. The van der Waals surface area contributed by atoms with E-state index in [-0.39, 0.29) is 24.0 Å². The summed E-state index contributed by atoms with van der Waals surface area (Å²) in [6.07, 6.45) is 6.12. The average Bonchev–Trinajstić information content (AvgIpc) is 2.77. The van der Waals surface area contributed by atoms with E-state index in [1.807, 2.05) is 19.1 Å². The van der Waals surface area contributed by atoms with Gasteiger partial charge in [0.1, 0.15) is 0 Å². The maximum atomic E-state index is 10.9. The molecule has 1 heterocycles. The van der Waals surface area contributed by atoms with Crippen LogP contribution in [0.1, 0.15) is 19.8 Å². The molecule has 1 aliphatic heterocycles. The number of allylic oxidation sites excluding steroid dienone is 1. The molecule has 72 valence electrons. The molecule has 2 fully saturated rings. The van der Waals surface area contributed by atoms with Crippen LogP contribution in [0.25, 0.3) is 0 Å². The molecule has 2 aliphatic rings. The molecular formula is C10H14O3. The van der Waals surface area contributed by atoms with Gasteiger partial charge in [0.15, 0.2) is 0 Å². The van der Waals surface area contributed by atoms with Crippen molar-refractivity contribution in [3.8, 4) is 0 Å². The van der Waals surface area contributed by atoms with Crippen LogP contribution in [0.15, 0.2) is 12.2 Å². The van der Waals surface area contributed by atoms with Crippen molar-refractivity contribution in [2.45, 2.75) is 32.0 Å². The lowest BCUT2D eigenvalue weighted by Crippen LogP contribution is -2.21. The molecule has 4 unspecified atom stereocenters. The number of hydrogen-bond acceptors (Lipinski definition) is 2. The van der Waals surface area contributed by atoms with Crippen molar-refractivity contribution in [3.05, 3.63) is 12.2 Å². The zero-order chi connectivity index (χ0) is 9.42. The van der Waals surface area contributed by atoms with Crippen LogP contribution in [0.5, 0.6) is 0 Å². The van der Waals surface area contributed by atoms with Gasteiger partial charge in [0.25, 0.3) is 0 Å². The molecule has 0 aromatic rings. The zero-order valence-electron chi connectivity index (χ0n) is 7.64. The SMILES string of the molecule is CCC=CC1C(C(=O)O)CC2OC21. The Balaban J connectivity index is 2.04. The summed E-state index contributed by atoms with van der Waals surface area (Å²) in [5, 5.41) is 8.93. The third-order valence-electron chi connectivity index (χ3n) is 2.86. The predicted octanol–water partition coefficient (Wildman–Crippen LogP) is 1.44. The number of fused-ring (bicyclic) bond motifs is 1. The minimum Gasteiger partial charge on any atom is -0.481 e.